The summed E-state index contributed by atoms with van der Waals surface area (Å²) in [6.45, 7) is 0. The average molecular weight is 413 g/mol. The second-order valence-corrected chi connectivity index (χ2v) is 8.24. The summed E-state index contributed by atoms with van der Waals surface area (Å²) in [5.41, 5.74) is 7.63. The lowest BCUT2D eigenvalue weighted by molar-refractivity contribution is 0.415. The van der Waals surface area contributed by atoms with E-state index in [-0.39, 0.29) is 22.3 Å². The Bertz CT molecular complexity index is 1350. The lowest BCUT2D eigenvalue weighted by Gasteiger charge is -2.08. The standard InChI is InChI=1S/C19H16FN5O3S/c1-28-14-8-3-5-11(9-14)16-15-17(21)25(13-7-4-6-12(20)10-13)24-18(15)23-19(22-16)29(2,26)27/h3-10H,21H2,1-2H3. The Labute approximate surface area is 165 Å². The summed E-state index contributed by atoms with van der Waals surface area (Å²) in [7, 11) is -2.20. The normalized spacial score (nSPS) is 11.7. The molecule has 0 aliphatic carbocycles. The molecule has 2 aromatic heterocycles. The van der Waals surface area contributed by atoms with Crippen LogP contribution in [0, 0.1) is 5.82 Å². The van der Waals surface area contributed by atoms with Gasteiger partial charge in [-0.3, -0.25) is 0 Å². The molecular weight excluding hydrogens is 397 g/mol. The molecule has 148 valence electrons. The summed E-state index contributed by atoms with van der Waals surface area (Å²) in [5, 5.41) is 4.28. The van der Waals surface area contributed by atoms with Gasteiger partial charge in [-0.2, -0.15) is 4.98 Å². The number of hydrogen-bond acceptors (Lipinski definition) is 7. The molecule has 2 N–H and O–H groups in total. The van der Waals surface area contributed by atoms with Crippen LogP contribution in [0.1, 0.15) is 0 Å². The maximum atomic E-state index is 13.7. The molecule has 0 aliphatic heterocycles. The van der Waals surface area contributed by atoms with E-state index in [1.54, 1.807) is 30.3 Å². The molecule has 0 atom stereocenters. The highest BCUT2D eigenvalue weighted by molar-refractivity contribution is 7.90. The van der Waals surface area contributed by atoms with Gasteiger partial charge in [0.25, 0.3) is 0 Å². The Morgan fingerprint density at radius 2 is 1.86 bits per heavy atom. The van der Waals surface area contributed by atoms with Crippen molar-refractivity contribution in [3.05, 3.63) is 54.3 Å². The first kappa shape index (κ1) is 18.8. The third-order valence-corrected chi connectivity index (χ3v) is 5.12. The molecule has 0 spiro atoms. The monoisotopic (exact) mass is 413 g/mol. The van der Waals surface area contributed by atoms with Crippen LogP contribution in [0.3, 0.4) is 0 Å². The molecule has 4 rings (SSSR count). The summed E-state index contributed by atoms with van der Waals surface area (Å²) in [6, 6.07) is 12.6. The number of anilines is 1. The van der Waals surface area contributed by atoms with Crippen molar-refractivity contribution in [1.82, 2.24) is 19.7 Å². The lowest BCUT2D eigenvalue weighted by Crippen LogP contribution is -2.06. The number of fused-ring (bicyclic) bond motifs is 1. The molecule has 0 aliphatic rings. The van der Waals surface area contributed by atoms with Crippen LogP contribution in [-0.2, 0) is 9.84 Å². The van der Waals surface area contributed by atoms with Gasteiger partial charge in [0.2, 0.25) is 15.0 Å². The molecule has 10 heteroatoms. The van der Waals surface area contributed by atoms with Crippen LogP contribution in [-0.4, -0.2) is 41.5 Å². The van der Waals surface area contributed by atoms with Crippen LogP contribution < -0.4 is 10.5 Å². The number of aromatic nitrogens is 4. The zero-order chi connectivity index (χ0) is 20.8. The SMILES string of the molecule is COc1cccc(-c2nc(S(C)(=O)=O)nc3nn(-c4cccc(F)c4)c(N)c23)c1. The molecule has 0 fully saturated rings. The van der Waals surface area contributed by atoms with E-state index in [2.05, 4.69) is 15.1 Å². The second kappa shape index (κ2) is 6.82. The fraction of sp³-hybridized carbons (Fsp3) is 0.105. The fourth-order valence-corrected chi connectivity index (χ4v) is 3.45. The van der Waals surface area contributed by atoms with Crippen molar-refractivity contribution in [3.8, 4) is 22.7 Å². The summed E-state index contributed by atoms with van der Waals surface area (Å²) in [6.07, 6.45) is 1.01. The van der Waals surface area contributed by atoms with Crippen molar-refractivity contribution in [1.29, 1.82) is 0 Å². The predicted molar refractivity (Wildman–Crippen MR) is 106 cm³/mol. The number of nitrogens with two attached hydrogens (primary N) is 1. The molecule has 0 saturated heterocycles. The zero-order valence-corrected chi connectivity index (χ0v) is 16.3. The van der Waals surface area contributed by atoms with Gasteiger partial charge in [0.15, 0.2) is 5.65 Å². The minimum Gasteiger partial charge on any atom is -0.497 e. The van der Waals surface area contributed by atoms with Crippen molar-refractivity contribution in [3.63, 3.8) is 0 Å². The van der Waals surface area contributed by atoms with E-state index in [1.807, 2.05) is 0 Å². The Kier molecular flexibility index (Phi) is 4.42. The summed E-state index contributed by atoms with van der Waals surface area (Å²) < 4.78 is 44.5. The van der Waals surface area contributed by atoms with Gasteiger partial charge in [0.05, 0.1) is 23.9 Å². The number of rotatable bonds is 4. The van der Waals surface area contributed by atoms with Gasteiger partial charge in [0, 0.05) is 11.8 Å². The van der Waals surface area contributed by atoms with Gasteiger partial charge in [-0.25, -0.2) is 22.5 Å². The van der Waals surface area contributed by atoms with Crippen LogP contribution in [0.15, 0.2) is 53.7 Å². The summed E-state index contributed by atoms with van der Waals surface area (Å²) >= 11 is 0. The lowest BCUT2D eigenvalue weighted by atomic mass is 10.1. The average Bonchev–Trinajstić information content (AvgIpc) is 3.03. The predicted octanol–water partition coefficient (Wildman–Crippen LogP) is 2.62. The van der Waals surface area contributed by atoms with E-state index >= 15 is 0 Å². The molecule has 0 radical (unpaired) electrons. The second-order valence-electron chi connectivity index (χ2n) is 6.33. The molecule has 2 aromatic carbocycles. The van der Waals surface area contributed by atoms with Crippen molar-refractivity contribution < 1.29 is 17.5 Å². The third-order valence-electron chi connectivity index (χ3n) is 4.28. The van der Waals surface area contributed by atoms with E-state index in [9.17, 15) is 12.8 Å². The highest BCUT2D eigenvalue weighted by Crippen LogP contribution is 2.34. The van der Waals surface area contributed by atoms with Gasteiger partial charge in [-0.15, -0.1) is 5.10 Å². The first-order chi connectivity index (χ1) is 13.8. The van der Waals surface area contributed by atoms with Crippen molar-refractivity contribution in [2.45, 2.75) is 5.16 Å². The first-order valence-corrected chi connectivity index (χ1v) is 10.3. The van der Waals surface area contributed by atoms with Gasteiger partial charge in [-0.05, 0) is 30.3 Å². The Balaban J connectivity index is 2.07. The fourth-order valence-electron chi connectivity index (χ4n) is 2.94. The summed E-state index contributed by atoms with van der Waals surface area (Å²) in [4.78, 5) is 8.31. The number of nitrogen functional groups attached to an aromatic ring is 1. The van der Waals surface area contributed by atoms with Crippen molar-refractivity contribution >= 4 is 26.7 Å². The molecule has 4 aromatic rings. The quantitative estimate of drug-likeness (QED) is 0.512. The number of sulfone groups is 1. The number of ether oxygens (including phenoxy) is 1. The highest BCUT2D eigenvalue weighted by Gasteiger charge is 2.23. The topological polar surface area (TPSA) is 113 Å². The minimum atomic E-state index is -3.72. The smallest absolute Gasteiger partial charge is 0.249 e. The van der Waals surface area contributed by atoms with Crippen LogP contribution >= 0.6 is 0 Å². The van der Waals surface area contributed by atoms with Crippen molar-refractivity contribution in [2.24, 2.45) is 0 Å². The summed E-state index contributed by atoms with van der Waals surface area (Å²) in [5.74, 6) is 0.257. The molecule has 0 unspecified atom stereocenters. The zero-order valence-electron chi connectivity index (χ0n) is 15.5. The van der Waals surface area contributed by atoms with Crippen LogP contribution in [0.4, 0.5) is 10.2 Å². The van der Waals surface area contributed by atoms with E-state index < -0.39 is 15.7 Å². The van der Waals surface area contributed by atoms with Gasteiger partial charge >= 0.3 is 0 Å². The van der Waals surface area contributed by atoms with Gasteiger partial charge in [-0.1, -0.05) is 18.2 Å². The number of nitrogens with zero attached hydrogens (tertiary/aromatic N) is 4. The van der Waals surface area contributed by atoms with Gasteiger partial charge < -0.3 is 10.5 Å². The van der Waals surface area contributed by atoms with E-state index in [0.29, 0.717) is 22.4 Å². The van der Waals surface area contributed by atoms with Crippen LogP contribution in [0.5, 0.6) is 5.75 Å². The Morgan fingerprint density at radius 1 is 1.10 bits per heavy atom. The largest absolute Gasteiger partial charge is 0.497 e. The molecule has 29 heavy (non-hydrogen) atoms. The molecule has 0 saturated carbocycles. The van der Waals surface area contributed by atoms with E-state index in [4.69, 9.17) is 10.5 Å². The third kappa shape index (κ3) is 3.38. The maximum Gasteiger partial charge on any atom is 0.249 e. The van der Waals surface area contributed by atoms with E-state index in [0.717, 1.165) is 6.26 Å². The number of benzene rings is 2. The number of methoxy groups -OCH3 is 1. The molecule has 0 bridgehead atoms. The van der Waals surface area contributed by atoms with Crippen LogP contribution in [0.2, 0.25) is 0 Å². The Morgan fingerprint density at radius 3 is 2.55 bits per heavy atom. The van der Waals surface area contributed by atoms with Gasteiger partial charge in [0.1, 0.15) is 17.4 Å². The number of halogens is 1. The van der Waals surface area contributed by atoms with Crippen molar-refractivity contribution in [2.75, 3.05) is 19.1 Å². The highest BCUT2D eigenvalue weighted by atomic mass is 32.2. The molecular formula is C19H16FN5O3S. The van der Waals surface area contributed by atoms with Crippen LogP contribution in [0.25, 0.3) is 28.0 Å². The number of hydrogen-bond donors (Lipinski definition) is 1. The van der Waals surface area contributed by atoms with E-state index in [1.165, 1.54) is 30.0 Å². The molecule has 0 amide bonds. The molecule has 8 nitrogen and oxygen atoms in total. The first-order valence-electron chi connectivity index (χ1n) is 8.44. The Hall–Kier alpha value is -3.53. The molecule has 2 heterocycles. The minimum absolute atomic E-state index is 0.0833. The maximum absolute atomic E-state index is 13.7.